The van der Waals surface area contributed by atoms with Crippen molar-refractivity contribution in [2.45, 2.75) is 65.1 Å². The van der Waals surface area contributed by atoms with E-state index in [0.29, 0.717) is 6.54 Å². The highest BCUT2D eigenvalue weighted by atomic mass is 16.3. The highest BCUT2D eigenvalue weighted by molar-refractivity contribution is 4.68. The second-order valence-electron chi connectivity index (χ2n) is 5.20. The molecule has 0 atom stereocenters. The fourth-order valence-corrected chi connectivity index (χ4v) is 1.83. The Labute approximate surface area is 98.7 Å². The molecule has 16 heavy (non-hydrogen) atoms. The van der Waals surface area contributed by atoms with E-state index in [0.717, 1.165) is 6.54 Å². The zero-order valence-corrected chi connectivity index (χ0v) is 10.8. The summed E-state index contributed by atoms with van der Waals surface area (Å²) in [4.78, 5) is 0. The third kappa shape index (κ3) is 5.31. The lowest BCUT2D eigenvalue weighted by molar-refractivity contribution is -0.708. The largest absolute Gasteiger partial charge is 0.386 e. The number of unbranched alkanes of at least 4 members (excludes halogenated alkanes) is 3. The molecule has 0 radical (unpaired) electrons. The molecule has 0 saturated heterocycles. The van der Waals surface area contributed by atoms with Crippen molar-refractivity contribution < 1.29 is 9.67 Å². The van der Waals surface area contributed by atoms with Crippen LogP contribution in [-0.2, 0) is 13.1 Å². The maximum absolute atomic E-state index is 9.70. The molecule has 0 bridgehead atoms. The molecule has 0 fully saturated rings. The molecule has 1 aromatic rings. The van der Waals surface area contributed by atoms with Crippen LogP contribution >= 0.6 is 0 Å². The van der Waals surface area contributed by atoms with Crippen LogP contribution in [0.25, 0.3) is 0 Å². The average Bonchev–Trinajstić information content (AvgIpc) is 2.58. The smallest absolute Gasteiger partial charge is 0.243 e. The van der Waals surface area contributed by atoms with E-state index in [1.165, 1.54) is 25.7 Å². The lowest BCUT2D eigenvalue weighted by Gasteiger charge is -2.13. The predicted octanol–water partition coefficient (Wildman–Crippen LogP) is 2.13. The van der Waals surface area contributed by atoms with Crippen LogP contribution in [0.15, 0.2) is 18.7 Å². The number of aryl methyl sites for hydroxylation is 1. The fourth-order valence-electron chi connectivity index (χ4n) is 1.83. The average molecular weight is 225 g/mol. The number of aromatic nitrogens is 2. The number of aliphatic hydroxyl groups is 1. The van der Waals surface area contributed by atoms with Crippen molar-refractivity contribution in [2.75, 3.05) is 0 Å². The first-order valence-corrected chi connectivity index (χ1v) is 6.28. The molecule has 0 spiro atoms. The topological polar surface area (TPSA) is 29.0 Å². The van der Waals surface area contributed by atoms with E-state index in [9.17, 15) is 5.11 Å². The van der Waals surface area contributed by atoms with Crippen LogP contribution in [0.2, 0.25) is 0 Å². The summed E-state index contributed by atoms with van der Waals surface area (Å²) < 4.78 is 4.24. The monoisotopic (exact) mass is 225 g/mol. The standard InChI is InChI=1S/C13H25N2O/c1-4-5-6-7-8-14-9-10-15(12-14)11-13(2,3)16/h9-10,12,16H,4-8,11H2,1-3H3/q+1. The molecule has 3 nitrogen and oxygen atoms in total. The fraction of sp³-hybridized carbons (Fsp3) is 0.769. The predicted molar refractivity (Wildman–Crippen MR) is 65.1 cm³/mol. The van der Waals surface area contributed by atoms with Gasteiger partial charge in [0, 0.05) is 0 Å². The minimum atomic E-state index is -0.640. The maximum Gasteiger partial charge on any atom is 0.243 e. The van der Waals surface area contributed by atoms with Gasteiger partial charge < -0.3 is 5.11 Å². The minimum absolute atomic E-state index is 0.640. The molecule has 3 heteroatoms. The van der Waals surface area contributed by atoms with E-state index in [-0.39, 0.29) is 0 Å². The molecular weight excluding hydrogens is 200 g/mol. The molecule has 0 unspecified atom stereocenters. The first-order valence-electron chi connectivity index (χ1n) is 6.28. The van der Waals surface area contributed by atoms with Crippen molar-refractivity contribution in [3.63, 3.8) is 0 Å². The van der Waals surface area contributed by atoms with E-state index in [1.807, 2.05) is 24.6 Å². The van der Waals surface area contributed by atoms with Crippen molar-refractivity contribution in [1.82, 2.24) is 4.57 Å². The zero-order valence-electron chi connectivity index (χ0n) is 10.8. The lowest BCUT2D eigenvalue weighted by Crippen LogP contribution is -2.43. The van der Waals surface area contributed by atoms with Crippen LogP contribution in [0, 0.1) is 0 Å². The number of hydrogen-bond donors (Lipinski definition) is 1. The molecule has 0 aliphatic carbocycles. The summed E-state index contributed by atoms with van der Waals surface area (Å²) in [6.45, 7) is 7.62. The summed E-state index contributed by atoms with van der Waals surface area (Å²) in [5.41, 5.74) is -0.640. The third-order valence-electron chi connectivity index (χ3n) is 2.59. The van der Waals surface area contributed by atoms with Gasteiger partial charge in [0.1, 0.15) is 18.9 Å². The Morgan fingerprint density at radius 2 is 2.00 bits per heavy atom. The molecule has 0 aromatic carbocycles. The second-order valence-corrected chi connectivity index (χ2v) is 5.20. The SMILES string of the molecule is CCCCCCn1cc[n+](CC(C)(C)O)c1. The summed E-state index contributed by atoms with van der Waals surface area (Å²) in [7, 11) is 0. The van der Waals surface area contributed by atoms with E-state index in [2.05, 4.69) is 24.0 Å². The first kappa shape index (κ1) is 13.2. The molecule has 0 aliphatic heterocycles. The molecule has 0 amide bonds. The molecular formula is C13H25N2O+. The van der Waals surface area contributed by atoms with Gasteiger partial charge >= 0.3 is 0 Å². The van der Waals surface area contributed by atoms with Crippen LogP contribution < -0.4 is 4.57 Å². The Bertz CT molecular complexity index is 299. The van der Waals surface area contributed by atoms with Gasteiger partial charge in [0.15, 0.2) is 0 Å². The zero-order chi connectivity index (χ0) is 12.0. The van der Waals surface area contributed by atoms with Gasteiger partial charge in [-0.1, -0.05) is 19.8 Å². The van der Waals surface area contributed by atoms with Crippen LogP contribution in [0.5, 0.6) is 0 Å². The second kappa shape index (κ2) is 6.04. The normalized spacial score (nSPS) is 12.0. The van der Waals surface area contributed by atoms with E-state index in [1.54, 1.807) is 0 Å². The summed E-state index contributed by atoms with van der Waals surface area (Å²) in [5, 5.41) is 9.70. The van der Waals surface area contributed by atoms with Crippen LogP contribution in [-0.4, -0.2) is 15.3 Å². The molecule has 1 heterocycles. The molecule has 1 N–H and O–H groups in total. The molecule has 0 aliphatic rings. The summed E-state index contributed by atoms with van der Waals surface area (Å²) in [6.07, 6.45) is 11.3. The van der Waals surface area contributed by atoms with E-state index < -0.39 is 5.60 Å². The molecule has 0 saturated carbocycles. The Morgan fingerprint density at radius 1 is 1.25 bits per heavy atom. The first-order chi connectivity index (χ1) is 7.51. The summed E-state index contributed by atoms with van der Waals surface area (Å²) in [5.74, 6) is 0. The minimum Gasteiger partial charge on any atom is -0.386 e. The van der Waals surface area contributed by atoms with Crippen LogP contribution in [0.1, 0.15) is 46.5 Å². The summed E-state index contributed by atoms with van der Waals surface area (Å²) >= 11 is 0. The third-order valence-corrected chi connectivity index (χ3v) is 2.59. The highest BCUT2D eigenvalue weighted by Gasteiger charge is 2.17. The van der Waals surface area contributed by atoms with Crippen LogP contribution in [0.3, 0.4) is 0 Å². The van der Waals surface area contributed by atoms with Crippen molar-refractivity contribution in [1.29, 1.82) is 0 Å². The van der Waals surface area contributed by atoms with Gasteiger partial charge in [0.25, 0.3) is 0 Å². The highest BCUT2D eigenvalue weighted by Crippen LogP contribution is 2.02. The van der Waals surface area contributed by atoms with E-state index in [4.69, 9.17) is 0 Å². The number of imidazole rings is 1. The molecule has 1 aromatic heterocycles. The van der Waals surface area contributed by atoms with Crippen molar-refractivity contribution in [3.8, 4) is 0 Å². The van der Waals surface area contributed by atoms with E-state index >= 15 is 0 Å². The van der Waals surface area contributed by atoms with Crippen LogP contribution in [0.4, 0.5) is 0 Å². The van der Waals surface area contributed by atoms with Crippen molar-refractivity contribution >= 4 is 0 Å². The Kier molecular flexibility index (Phi) is 5.00. The Morgan fingerprint density at radius 3 is 2.62 bits per heavy atom. The van der Waals surface area contributed by atoms with Gasteiger partial charge in [-0.15, -0.1) is 0 Å². The number of nitrogens with zero attached hydrogens (tertiary/aromatic N) is 2. The lowest BCUT2D eigenvalue weighted by atomic mass is 10.1. The summed E-state index contributed by atoms with van der Waals surface area (Å²) in [6, 6.07) is 0. The Hall–Kier alpha value is -0.830. The van der Waals surface area contributed by atoms with Gasteiger partial charge in [-0.2, -0.15) is 0 Å². The Balaban J connectivity index is 2.34. The quantitative estimate of drug-likeness (QED) is 0.559. The molecule has 92 valence electrons. The van der Waals surface area contributed by atoms with Gasteiger partial charge in [0.2, 0.25) is 6.33 Å². The molecule has 1 rings (SSSR count). The number of hydrogen-bond acceptors (Lipinski definition) is 1. The van der Waals surface area contributed by atoms with Gasteiger partial charge in [0.05, 0.1) is 12.1 Å². The maximum atomic E-state index is 9.70. The van der Waals surface area contributed by atoms with Crippen molar-refractivity contribution in [3.05, 3.63) is 18.7 Å². The van der Waals surface area contributed by atoms with Gasteiger partial charge in [-0.05, 0) is 26.7 Å². The number of rotatable bonds is 7. The van der Waals surface area contributed by atoms with Gasteiger partial charge in [-0.3, -0.25) is 0 Å². The van der Waals surface area contributed by atoms with Crippen molar-refractivity contribution in [2.24, 2.45) is 0 Å². The van der Waals surface area contributed by atoms with Gasteiger partial charge in [-0.25, -0.2) is 9.13 Å².